The first-order chi connectivity index (χ1) is 15.4. The average molecular weight is 440 g/mol. The number of hydrogen-bond acceptors (Lipinski definition) is 7. The average Bonchev–Trinajstić information content (AvgIpc) is 2.73. The Bertz CT molecular complexity index is 1150. The largest absolute Gasteiger partial charge is 0.370 e. The Kier molecular flexibility index (Phi) is 5.44. The zero-order valence-corrected chi connectivity index (χ0v) is 18.4. The maximum Gasteiger partial charge on any atom is 0.241 e. The van der Waals surface area contributed by atoms with Crippen LogP contribution < -0.4 is 4.90 Å². The van der Waals surface area contributed by atoms with Gasteiger partial charge in [0.15, 0.2) is 5.65 Å². The van der Waals surface area contributed by atoms with Gasteiger partial charge in [0, 0.05) is 30.3 Å². The Morgan fingerprint density at radius 3 is 2.59 bits per heavy atom. The number of fused-ring (bicyclic) bond motifs is 1. The van der Waals surface area contributed by atoms with Crippen molar-refractivity contribution in [2.45, 2.75) is 52.1 Å². The minimum atomic E-state index is -2.29. The first-order valence-electron chi connectivity index (χ1n) is 11.0. The van der Waals surface area contributed by atoms with Gasteiger partial charge >= 0.3 is 0 Å². The molecule has 0 spiro atoms. The highest BCUT2D eigenvalue weighted by atomic mass is 19.3. The Morgan fingerprint density at radius 1 is 1.06 bits per heavy atom. The van der Waals surface area contributed by atoms with E-state index in [9.17, 15) is 8.78 Å². The molecule has 4 heterocycles. The van der Waals surface area contributed by atoms with Crippen molar-refractivity contribution in [2.24, 2.45) is 5.92 Å². The van der Waals surface area contributed by atoms with Gasteiger partial charge in [0.25, 0.3) is 0 Å². The van der Waals surface area contributed by atoms with Gasteiger partial charge < -0.3 is 9.64 Å². The van der Waals surface area contributed by atoms with E-state index in [1.54, 1.807) is 6.20 Å². The van der Waals surface area contributed by atoms with Crippen LogP contribution in [-0.4, -0.2) is 51.0 Å². The lowest BCUT2D eigenvalue weighted by atomic mass is 9.73. The second-order valence-electron chi connectivity index (χ2n) is 8.77. The summed E-state index contributed by atoms with van der Waals surface area (Å²) in [5, 5.41) is 0. The Labute approximate surface area is 185 Å². The number of halogens is 2. The molecule has 168 valence electrons. The summed E-state index contributed by atoms with van der Waals surface area (Å²) in [4.78, 5) is 25.3. The standard InChI is InChI=1S/C23H26F2N6O/c1-12-8-15(4-5-26-12)18-11-31(6-7-32-18)23-29-19(16-9-17(10-16)21(24)25)20-22(30-23)28-14(3)13(2)27-20/h4-5,8,16-18,21H,6-7,9-11H2,1-3H3/t16-,17+,18-/m1/s1. The van der Waals surface area contributed by atoms with E-state index in [-0.39, 0.29) is 12.0 Å². The first-order valence-corrected chi connectivity index (χ1v) is 11.0. The van der Waals surface area contributed by atoms with E-state index in [1.165, 1.54) is 0 Å². The molecule has 1 aliphatic carbocycles. The second kappa shape index (κ2) is 8.27. The van der Waals surface area contributed by atoms with Crippen molar-refractivity contribution in [1.82, 2.24) is 24.9 Å². The lowest BCUT2D eigenvalue weighted by Gasteiger charge is -2.36. The molecular formula is C23H26F2N6O. The van der Waals surface area contributed by atoms with Crippen LogP contribution in [0.2, 0.25) is 0 Å². The van der Waals surface area contributed by atoms with Crippen LogP contribution in [0.25, 0.3) is 11.2 Å². The number of pyridine rings is 1. The van der Waals surface area contributed by atoms with Crippen molar-refractivity contribution < 1.29 is 13.5 Å². The number of rotatable bonds is 4. The second-order valence-corrected chi connectivity index (χ2v) is 8.77. The molecule has 1 saturated heterocycles. The normalized spacial score (nSPS) is 23.6. The van der Waals surface area contributed by atoms with Crippen LogP contribution >= 0.6 is 0 Å². The number of hydrogen-bond donors (Lipinski definition) is 0. The maximum atomic E-state index is 13.1. The molecule has 0 aromatic carbocycles. The van der Waals surface area contributed by atoms with Crippen LogP contribution in [0.3, 0.4) is 0 Å². The Balaban J connectivity index is 1.50. The van der Waals surface area contributed by atoms with Crippen LogP contribution in [0, 0.1) is 26.7 Å². The van der Waals surface area contributed by atoms with E-state index in [0.717, 1.165) is 28.3 Å². The number of ether oxygens (including phenoxy) is 1. The minimum absolute atomic E-state index is 0.0469. The number of aromatic nitrogens is 5. The van der Waals surface area contributed by atoms with Gasteiger partial charge in [-0.15, -0.1) is 0 Å². The number of alkyl halides is 2. The summed E-state index contributed by atoms with van der Waals surface area (Å²) in [6, 6.07) is 3.99. The van der Waals surface area contributed by atoms with Gasteiger partial charge in [0.05, 0.1) is 30.2 Å². The zero-order chi connectivity index (χ0) is 22.4. The maximum absolute atomic E-state index is 13.1. The predicted octanol–water partition coefficient (Wildman–Crippen LogP) is 4.08. The van der Waals surface area contributed by atoms with Gasteiger partial charge in [-0.2, -0.15) is 4.98 Å². The third kappa shape index (κ3) is 3.90. The van der Waals surface area contributed by atoms with Gasteiger partial charge in [0.1, 0.15) is 11.6 Å². The summed E-state index contributed by atoms with van der Waals surface area (Å²) >= 11 is 0. The summed E-state index contributed by atoms with van der Waals surface area (Å²) in [5.74, 6) is -0.0605. The van der Waals surface area contributed by atoms with E-state index in [4.69, 9.17) is 14.7 Å². The predicted molar refractivity (Wildman–Crippen MR) is 116 cm³/mol. The monoisotopic (exact) mass is 440 g/mol. The van der Waals surface area contributed by atoms with Gasteiger partial charge in [0.2, 0.25) is 12.4 Å². The Hall–Kier alpha value is -2.81. The molecule has 3 aromatic heterocycles. The molecule has 0 amide bonds. The van der Waals surface area contributed by atoms with Crippen LogP contribution in [-0.2, 0) is 4.74 Å². The van der Waals surface area contributed by atoms with Crippen LogP contribution in [0.1, 0.15) is 53.2 Å². The van der Waals surface area contributed by atoms with Crippen molar-refractivity contribution in [3.05, 3.63) is 46.7 Å². The highest BCUT2D eigenvalue weighted by Gasteiger charge is 2.39. The summed E-state index contributed by atoms with van der Waals surface area (Å²) in [6.45, 7) is 7.53. The number of aryl methyl sites for hydroxylation is 3. The molecule has 3 aromatic rings. The molecule has 32 heavy (non-hydrogen) atoms. The van der Waals surface area contributed by atoms with E-state index >= 15 is 0 Å². The third-order valence-electron chi connectivity index (χ3n) is 6.52. The molecule has 5 rings (SSSR count). The van der Waals surface area contributed by atoms with Gasteiger partial charge in [-0.05, 0) is 51.3 Å². The van der Waals surface area contributed by atoms with Crippen molar-refractivity contribution in [3.8, 4) is 0 Å². The van der Waals surface area contributed by atoms with Crippen LogP contribution in [0.5, 0.6) is 0 Å². The van der Waals surface area contributed by atoms with E-state index in [1.807, 2.05) is 32.9 Å². The molecule has 0 bridgehead atoms. The lowest BCUT2D eigenvalue weighted by Crippen LogP contribution is -2.40. The molecule has 0 N–H and O–H groups in total. The topological polar surface area (TPSA) is 76.9 Å². The molecule has 1 aliphatic heterocycles. The fraction of sp³-hybridized carbons (Fsp3) is 0.522. The molecular weight excluding hydrogens is 414 g/mol. The van der Waals surface area contributed by atoms with Crippen LogP contribution in [0.4, 0.5) is 14.7 Å². The molecule has 9 heteroatoms. The third-order valence-corrected chi connectivity index (χ3v) is 6.52. The highest BCUT2D eigenvalue weighted by Crippen LogP contribution is 2.45. The van der Waals surface area contributed by atoms with Gasteiger partial charge in [-0.25, -0.2) is 23.7 Å². The highest BCUT2D eigenvalue weighted by molar-refractivity contribution is 5.75. The zero-order valence-electron chi connectivity index (χ0n) is 18.4. The summed E-state index contributed by atoms with van der Waals surface area (Å²) in [5.41, 5.74) is 5.50. The minimum Gasteiger partial charge on any atom is -0.370 e. The molecule has 0 radical (unpaired) electrons. The number of anilines is 1. The van der Waals surface area contributed by atoms with Crippen LogP contribution in [0.15, 0.2) is 18.3 Å². The summed E-state index contributed by atoms with van der Waals surface area (Å²) in [7, 11) is 0. The Morgan fingerprint density at radius 2 is 1.84 bits per heavy atom. The quantitative estimate of drug-likeness (QED) is 0.605. The fourth-order valence-corrected chi connectivity index (χ4v) is 4.44. The van der Waals surface area contributed by atoms with E-state index in [2.05, 4.69) is 19.9 Å². The molecule has 7 nitrogen and oxygen atoms in total. The first kappa shape index (κ1) is 21.1. The van der Waals surface area contributed by atoms with Crippen molar-refractivity contribution in [2.75, 3.05) is 24.6 Å². The fourth-order valence-electron chi connectivity index (χ4n) is 4.44. The SMILES string of the molecule is Cc1cc([C@H]2CN(c3nc4nc(C)c(C)nc4c([C@H]4C[C@@H](C(F)F)C4)n3)CCO2)ccn1. The van der Waals surface area contributed by atoms with Gasteiger partial charge in [-0.1, -0.05) is 0 Å². The molecule has 0 unspecified atom stereocenters. The molecule has 1 saturated carbocycles. The molecule has 2 fully saturated rings. The van der Waals surface area contributed by atoms with Gasteiger partial charge in [-0.3, -0.25) is 4.98 Å². The molecule has 1 atom stereocenters. The number of nitrogens with zero attached hydrogens (tertiary/aromatic N) is 6. The lowest BCUT2D eigenvalue weighted by molar-refractivity contribution is 0.0220. The smallest absolute Gasteiger partial charge is 0.241 e. The summed E-state index contributed by atoms with van der Waals surface area (Å²) in [6.07, 6.45) is 0.206. The molecule has 2 aliphatic rings. The van der Waals surface area contributed by atoms with E-state index in [0.29, 0.717) is 49.7 Å². The summed E-state index contributed by atoms with van der Waals surface area (Å²) < 4.78 is 32.2. The van der Waals surface area contributed by atoms with Crippen molar-refractivity contribution in [1.29, 1.82) is 0 Å². The van der Waals surface area contributed by atoms with Crippen molar-refractivity contribution >= 4 is 17.1 Å². The van der Waals surface area contributed by atoms with E-state index < -0.39 is 12.3 Å². The van der Waals surface area contributed by atoms with Crippen molar-refractivity contribution in [3.63, 3.8) is 0 Å². The number of morpholine rings is 1.